The summed E-state index contributed by atoms with van der Waals surface area (Å²) in [6.45, 7) is 1.22. The lowest BCUT2D eigenvalue weighted by Crippen LogP contribution is -2.16. The SMILES string of the molecule is OC1CCCCc2cc3c(cc21)OCCO3. The fourth-order valence-corrected chi connectivity index (χ4v) is 2.48. The van der Waals surface area contributed by atoms with Crippen molar-refractivity contribution in [2.75, 3.05) is 13.2 Å². The summed E-state index contributed by atoms with van der Waals surface area (Å²) in [6, 6.07) is 4.00. The van der Waals surface area contributed by atoms with Crippen molar-refractivity contribution < 1.29 is 14.6 Å². The van der Waals surface area contributed by atoms with E-state index in [1.165, 1.54) is 5.56 Å². The van der Waals surface area contributed by atoms with Crippen LogP contribution in [0, 0.1) is 0 Å². The average Bonchev–Trinajstić information content (AvgIpc) is 2.49. The maximum Gasteiger partial charge on any atom is 0.161 e. The molecule has 0 saturated carbocycles. The molecule has 0 bridgehead atoms. The summed E-state index contributed by atoms with van der Waals surface area (Å²) >= 11 is 0. The highest BCUT2D eigenvalue weighted by molar-refractivity contribution is 5.49. The highest BCUT2D eigenvalue weighted by Crippen LogP contribution is 2.38. The second kappa shape index (κ2) is 3.98. The second-order valence-corrected chi connectivity index (χ2v) is 4.46. The van der Waals surface area contributed by atoms with E-state index >= 15 is 0 Å². The molecular formula is C13H16O3. The van der Waals surface area contributed by atoms with E-state index in [2.05, 4.69) is 0 Å². The molecule has 16 heavy (non-hydrogen) atoms. The van der Waals surface area contributed by atoms with Crippen LogP contribution in [0.3, 0.4) is 0 Å². The summed E-state index contributed by atoms with van der Waals surface area (Å²) in [5.41, 5.74) is 2.25. The van der Waals surface area contributed by atoms with Crippen molar-refractivity contribution in [2.45, 2.75) is 31.8 Å². The molecule has 0 fully saturated rings. The van der Waals surface area contributed by atoms with Crippen molar-refractivity contribution in [1.82, 2.24) is 0 Å². The monoisotopic (exact) mass is 220 g/mol. The van der Waals surface area contributed by atoms with Crippen molar-refractivity contribution in [1.29, 1.82) is 0 Å². The van der Waals surface area contributed by atoms with Crippen molar-refractivity contribution in [2.24, 2.45) is 0 Å². The molecule has 0 spiro atoms. The quantitative estimate of drug-likeness (QED) is 0.681. The van der Waals surface area contributed by atoms with E-state index in [0.717, 1.165) is 42.7 Å². The van der Waals surface area contributed by atoms with Gasteiger partial charge < -0.3 is 14.6 Å². The molecule has 1 N–H and O–H groups in total. The Labute approximate surface area is 95.0 Å². The first-order chi connectivity index (χ1) is 7.84. The predicted octanol–water partition coefficient (Wildman–Crippen LogP) is 2.22. The van der Waals surface area contributed by atoms with E-state index in [1.807, 2.05) is 12.1 Å². The van der Waals surface area contributed by atoms with Gasteiger partial charge >= 0.3 is 0 Å². The summed E-state index contributed by atoms with van der Waals surface area (Å²) < 4.78 is 11.1. The van der Waals surface area contributed by atoms with E-state index in [0.29, 0.717) is 13.2 Å². The van der Waals surface area contributed by atoms with Gasteiger partial charge in [0.1, 0.15) is 13.2 Å². The number of aliphatic hydroxyl groups is 1. The largest absolute Gasteiger partial charge is 0.486 e. The van der Waals surface area contributed by atoms with Crippen LogP contribution in [0.4, 0.5) is 0 Å². The lowest BCUT2D eigenvalue weighted by Gasteiger charge is -2.21. The average molecular weight is 220 g/mol. The summed E-state index contributed by atoms with van der Waals surface area (Å²) in [5.74, 6) is 1.62. The van der Waals surface area contributed by atoms with Gasteiger partial charge in [0.2, 0.25) is 0 Å². The van der Waals surface area contributed by atoms with Gasteiger partial charge in [0.05, 0.1) is 6.10 Å². The molecule has 1 unspecified atom stereocenters. The maximum atomic E-state index is 10.0. The number of hydrogen-bond acceptors (Lipinski definition) is 3. The number of aliphatic hydroxyl groups excluding tert-OH is 1. The third-order valence-electron chi connectivity index (χ3n) is 3.34. The minimum atomic E-state index is -0.340. The van der Waals surface area contributed by atoms with Gasteiger partial charge in [-0.2, -0.15) is 0 Å². The number of aryl methyl sites for hydroxylation is 1. The normalized spacial score (nSPS) is 23.4. The van der Waals surface area contributed by atoms with Crippen molar-refractivity contribution in [3.8, 4) is 11.5 Å². The zero-order valence-electron chi connectivity index (χ0n) is 9.24. The van der Waals surface area contributed by atoms with Crippen LogP contribution in [0.25, 0.3) is 0 Å². The maximum absolute atomic E-state index is 10.0. The van der Waals surface area contributed by atoms with Crippen LogP contribution in [0.15, 0.2) is 12.1 Å². The Hall–Kier alpha value is -1.22. The molecule has 2 aliphatic rings. The van der Waals surface area contributed by atoms with Gasteiger partial charge in [-0.05, 0) is 42.5 Å². The molecule has 0 radical (unpaired) electrons. The second-order valence-electron chi connectivity index (χ2n) is 4.46. The van der Waals surface area contributed by atoms with Gasteiger partial charge in [0.25, 0.3) is 0 Å². The summed E-state index contributed by atoms with van der Waals surface area (Å²) in [7, 11) is 0. The molecule has 1 aliphatic carbocycles. The summed E-state index contributed by atoms with van der Waals surface area (Å²) in [6.07, 6.45) is 3.77. The Morgan fingerprint density at radius 3 is 2.62 bits per heavy atom. The zero-order chi connectivity index (χ0) is 11.0. The first kappa shape index (κ1) is 9.97. The minimum absolute atomic E-state index is 0.340. The van der Waals surface area contributed by atoms with Crippen molar-refractivity contribution >= 4 is 0 Å². The van der Waals surface area contributed by atoms with Gasteiger partial charge in [0.15, 0.2) is 11.5 Å². The smallest absolute Gasteiger partial charge is 0.161 e. The number of ether oxygens (including phenoxy) is 2. The molecule has 0 aromatic heterocycles. The summed E-state index contributed by atoms with van der Waals surface area (Å²) in [5, 5.41) is 10.0. The van der Waals surface area contributed by atoms with E-state index < -0.39 is 0 Å². The van der Waals surface area contributed by atoms with Crippen molar-refractivity contribution in [3.05, 3.63) is 23.3 Å². The molecule has 1 aromatic rings. The van der Waals surface area contributed by atoms with Crippen LogP contribution in [0.1, 0.15) is 36.5 Å². The Bertz CT molecular complexity index is 400. The molecule has 1 heterocycles. The molecule has 0 amide bonds. The molecule has 3 nitrogen and oxygen atoms in total. The number of benzene rings is 1. The molecule has 1 aliphatic heterocycles. The molecule has 1 atom stereocenters. The molecule has 1 aromatic carbocycles. The van der Waals surface area contributed by atoms with Crippen LogP contribution in [0.2, 0.25) is 0 Å². The third-order valence-corrected chi connectivity index (χ3v) is 3.34. The molecule has 3 heteroatoms. The third kappa shape index (κ3) is 1.65. The van der Waals surface area contributed by atoms with Crippen LogP contribution in [-0.4, -0.2) is 18.3 Å². The predicted molar refractivity (Wildman–Crippen MR) is 59.9 cm³/mol. The first-order valence-corrected chi connectivity index (χ1v) is 5.95. The van der Waals surface area contributed by atoms with Crippen LogP contribution >= 0.6 is 0 Å². The molecule has 3 rings (SSSR count). The fraction of sp³-hybridized carbons (Fsp3) is 0.538. The zero-order valence-corrected chi connectivity index (χ0v) is 9.24. The van der Waals surface area contributed by atoms with Crippen LogP contribution < -0.4 is 9.47 Å². The van der Waals surface area contributed by atoms with Crippen LogP contribution in [0.5, 0.6) is 11.5 Å². The van der Waals surface area contributed by atoms with Gasteiger partial charge in [-0.1, -0.05) is 6.42 Å². The standard InChI is InChI=1S/C13H16O3/c14-11-4-2-1-3-9-7-12-13(8-10(9)11)16-6-5-15-12/h7-8,11,14H,1-6H2. The van der Waals surface area contributed by atoms with E-state index in [9.17, 15) is 5.11 Å². The summed E-state index contributed by atoms with van der Waals surface area (Å²) in [4.78, 5) is 0. The van der Waals surface area contributed by atoms with Gasteiger partial charge in [-0.15, -0.1) is 0 Å². The number of hydrogen-bond donors (Lipinski definition) is 1. The van der Waals surface area contributed by atoms with Gasteiger partial charge in [-0.3, -0.25) is 0 Å². The lowest BCUT2D eigenvalue weighted by molar-refractivity contribution is 0.159. The molecule has 0 saturated heterocycles. The Morgan fingerprint density at radius 2 is 1.81 bits per heavy atom. The topological polar surface area (TPSA) is 38.7 Å². The fourth-order valence-electron chi connectivity index (χ4n) is 2.48. The highest BCUT2D eigenvalue weighted by atomic mass is 16.6. The van der Waals surface area contributed by atoms with Gasteiger partial charge in [-0.25, -0.2) is 0 Å². The molecule has 86 valence electrons. The minimum Gasteiger partial charge on any atom is -0.486 e. The van der Waals surface area contributed by atoms with Crippen LogP contribution in [-0.2, 0) is 6.42 Å². The Morgan fingerprint density at radius 1 is 1.06 bits per heavy atom. The van der Waals surface area contributed by atoms with Gasteiger partial charge in [0, 0.05) is 0 Å². The van der Waals surface area contributed by atoms with E-state index in [1.54, 1.807) is 0 Å². The Balaban J connectivity index is 2.06. The first-order valence-electron chi connectivity index (χ1n) is 5.95. The van der Waals surface area contributed by atoms with Crippen molar-refractivity contribution in [3.63, 3.8) is 0 Å². The van der Waals surface area contributed by atoms with E-state index in [-0.39, 0.29) is 6.10 Å². The van der Waals surface area contributed by atoms with E-state index in [4.69, 9.17) is 9.47 Å². The highest BCUT2D eigenvalue weighted by Gasteiger charge is 2.21. The number of fused-ring (bicyclic) bond motifs is 2. The number of rotatable bonds is 0. The molecular weight excluding hydrogens is 204 g/mol. The Kier molecular flexibility index (Phi) is 2.48. The lowest BCUT2D eigenvalue weighted by atomic mass is 10.00.